The van der Waals surface area contributed by atoms with E-state index in [1.54, 1.807) is 30.7 Å². The molecule has 0 bridgehead atoms. The second kappa shape index (κ2) is 6.73. The number of benzene rings is 1. The third-order valence-corrected chi connectivity index (χ3v) is 5.12. The van der Waals surface area contributed by atoms with Crippen molar-refractivity contribution in [2.24, 2.45) is 0 Å². The topological polar surface area (TPSA) is 108 Å². The second-order valence-corrected chi connectivity index (χ2v) is 7.26. The quantitative estimate of drug-likeness (QED) is 0.708. The number of ether oxygens (including phenoxy) is 2. The zero-order valence-electron chi connectivity index (χ0n) is 13.6. The lowest BCUT2D eigenvalue weighted by atomic mass is 10.3. The highest BCUT2D eigenvalue weighted by Crippen LogP contribution is 2.32. The lowest BCUT2D eigenvalue weighted by Crippen LogP contribution is -2.24. The second-order valence-electron chi connectivity index (χ2n) is 5.50. The fraction of sp³-hybridized carbons (Fsp3) is 0.188. The van der Waals surface area contributed by atoms with E-state index in [1.165, 1.54) is 16.8 Å². The third-order valence-electron chi connectivity index (χ3n) is 3.72. The van der Waals surface area contributed by atoms with Crippen LogP contribution in [0.1, 0.15) is 5.69 Å². The summed E-state index contributed by atoms with van der Waals surface area (Å²) in [7, 11) is -3.72. The number of sulfonamides is 1. The number of rotatable bonds is 5. The molecule has 0 aliphatic carbocycles. The summed E-state index contributed by atoms with van der Waals surface area (Å²) in [6, 6.07) is 8.11. The molecule has 3 heterocycles. The molecule has 0 unspecified atom stereocenters. The van der Waals surface area contributed by atoms with Gasteiger partial charge in [-0.05, 0) is 24.3 Å². The predicted octanol–water partition coefficient (Wildman–Crippen LogP) is 0.912. The molecule has 1 aromatic carbocycles. The van der Waals surface area contributed by atoms with E-state index in [1.807, 2.05) is 6.07 Å². The zero-order valence-corrected chi connectivity index (χ0v) is 14.4. The van der Waals surface area contributed by atoms with Crippen LogP contribution in [0.2, 0.25) is 0 Å². The predicted molar refractivity (Wildman–Crippen MR) is 90.6 cm³/mol. The largest absolute Gasteiger partial charge is 0.486 e. The molecule has 0 atom stereocenters. The van der Waals surface area contributed by atoms with E-state index in [9.17, 15) is 8.42 Å². The van der Waals surface area contributed by atoms with Gasteiger partial charge in [0.25, 0.3) is 0 Å². The number of nitrogens with one attached hydrogen (secondary N) is 1. The summed E-state index contributed by atoms with van der Waals surface area (Å²) >= 11 is 0. The fourth-order valence-electron chi connectivity index (χ4n) is 2.44. The van der Waals surface area contributed by atoms with Crippen LogP contribution < -0.4 is 14.2 Å². The smallest absolute Gasteiger partial charge is 0.241 e. The standard InChI is InChI=1S/C16H15N5O4S/c22-26(23,14-3-4-15-16(8-14)25-7-6-24-15)18-9-12-11-21(20-19-12)13-2-1-5-17-10-13/h1-5,8,10-11,18H,6-7,9H2. The maximum atomic E-state index is 12.5. The Bertz CT molecular complexity index is 1020. The van der Waals surface area contributed by atoms with E-state index in [0.29, 0.717) is 30.4 Å². The fourth-order valence-corrected chi connectivity index (χ4v) is 3.45. The van der Waals surface area contributed by atoms with Crippen LogP contribution in [0.15, 0.2) is 53.8 Å². The van der Waals surface area contributed by atoms with Gasteiger partial charge in [-0.3, -0.25) is 4.98 Å². The Labute approximate surface area is 149 Å². The van der Waals surface area contributed by atoms with Crippen molar-refractivity contribution >= 4 is 10.0 Å². The molecule has 0 saturated carbocycles. The minimum atomic E-state index is -3.72. The SMILES string of the molecule is O=S(=O)(NCc1cn(-c2cccnc2)nn1)c1ccc2c(c1)OCCO2. The average molecular weight is 373 g/mol. The number of pyridine rings is 1. The van der Waals surface area contributed by atoms with Gasteiger partial charge < -0.3 is 9.47 Å². The Hall–Kier alpha value is -2.98. The van der Waals surface area contributed by atoms with Crippen LogP contribution in [-0.2, 0) is 16.6 Å². The summed E-state index contributed by atoms with van der Waals surface area (Å²) in [6.07, 6.45) is 4.93. The monoisotopic (exact) mass is 373 g/mol. The Morgan fingerprint density at radius 3 is 2.81 bits per heavy atom. The van der Waals surface area contributed by atoms with Gasteiger partial charge in [-0.1, -0.05) is 5.21 Å². The number of hydrogen-bond donors (Lipinski definition) is 1. The van der Waals surface area contributed by atoms with Crippen molar-refractivity contribution in [2.75, 3.05) is 13.2 Å². The molecule has 1 aliphatic heterocycles. The van der Waals surface area contributed by atoms with Gasteiger partial charge in [0.2, 0.25) is 10.0 Å². The first-order valence-corrected chi connectivity index (χ1v) is 9.31. The van der Waals surface area contributed by atoms with Gasteiger partial charge in [-0.2, -0.15) is 0 Å². The lowest BCUT2D eigenvalue weighted by molar-refractivity contribution is 0.171. The Balaban J connectivity index is 1.48. The van der Waals surface area contributed by atoms with E-state index in [-0.39, 0.29) is 11.4 Å². The highest BCUT2D eigenvalue weighted by Gasteiger charge is 2.19. The Morgan fingerprint density at radius 1 is 1.15 bits per heavy atom. The first kappa shape index (κ1) is 16.5. The average Bonchev–Trinajstić information content (AvgIpc) is 3.16. The van der Waals surface area contributed by atoms with Gasteiger partial charge in [0, 0.05) is 12.3 Å². The van der Waals surface area contributed by atoms with Gasteiger partial charge in [0.05, 0.1) is 35.2 Å². The summed E-state index contributed by atoms with van der Waals surface area (Å²) in [5.74, 6) is 0.955. The van der Waals surface area contributed by atoms with Crippen LogP contribution in [0.5, 0.6) is 11.5 Å². The molecule has 2 aromatic heterocycles. The van der Waals surface area contributed by atoms with Crippen LogP contribution in [-0.4, -0.2) is 41.6 Å². The molecule has 3 aromatic rings. The summed E-state index contributed by atoms with van der Waals surface area (Å²) < 4.78 is 39.9. The first-order chi connectivity index (χ1) is 12.6. The minimum absolute atomic E-state index is 0.0109. The number of hydrogen-bond acceptors (Lipinski definition) is 7. The highest BCUT2D eigenvalue weighted by atomic mass is 32.2. The Kier molecular flexibility index (Phi) is 4.27. The molecule has 4 rings (SSSR count). The van der Waals surface area contributed by atoms with Crippen molar-refractivity contribution in [3.63, 3.8) is 0 Å². The molecule has 1 N–H and O–H groups in total. The van der Waals surface area contributed by atoms with Gasteiger partial charge >= 0.3 is 0 Å². The van der Waals surface area contributed by atoms with Crippen LogP contribution in [0.4, 0.5) is 0 Å². The van der Waals surface area contributed by atoms with Gasteiger partial charge in [-0.15, -0.1) is 5.10 Å². The molecule has 0 amide bonds. The maximum absolute atomic E-state index is 12.5. The van der Waals surface area contributed by atoms with Gasteiger partial charge in [-0.25, -0.2) is 17.8 Å². The number of fused-ring (bicyclic) bond motifs is 1. The van der Waals surface area contributed by atoms with Crippen molar-refractivity contribution in [1.29, 1.82) is 0 Å². The van der Waals surface area contributed by atoms with Crippen molar-refractivity contribution < 1.29 is 17.9 Å². The van der Waals surface area contributed by atoms with E-state index in [0.717, 1.165) is 5.69 Å². The summed E-state index contributed by atoms with van der Waals surface area (Å²) in [6.45, 7) is 0.850. The molecule has 1 aliphatic rings. The van der Waals surface area contributed by atoms with Crippen LogP contribution in [0.25, 0.3) is 5.69 Å². The summed E-state index contributed by atoms with van der Waals surface area (Å²) in [4.78, 5) is 4.11. The number of nitrogens with zero attached hydrogens (tertiary/aromatic N) is 4. The summed E-state index contributed by atoms with van der Waals surface area (Å²) in [5, 5.41) is 7.95. The molecule has 0 spiro atoms. The van der Waals surface area contributed by atoms with Crippen LogP contribution in [0, 0.1) is 0 Å². The normalized spacial score (nSPS) is 13.5. The minimum Gasteiger partial charge on any atom is -0.486 e. The van der Waals surface area contributed by atoms with Crippen molar-refractivity contribution in [3.05, 3.63) is 54.6 Å². The number of aromatic nitrogens is 4. The highest BCUT2D eigenvalue weighted by molar-refractivity contribution is 7.89. The first-order valence-electron chi connectivity index (χ1n) is 7.83. The van der Waals surface area contributed by atoms with Crippen LogP contribution in [0.3, 0.4) is 0 Å². The summed E-state index contributed by atoms with van der Waals surface area (Å²) in [5.41, 5.74) is 1.22. The molecule has 0 saturated heterocycles. The van der Waals surface area contributed by atoms with Crippen molar-refractivity contribution in [3.8, 4) is 17.2 Å². The van der Waals surface area contributed by atoms with Crippen molar-refractivity contribution in [2.45, 2.75) is 11.4 Å². The van der Waals surface area contributed by atoms with Crippen molar-refractivity contribution in [1.82, 2.24) is 24.7 Å². The molecule has 9 nitrogen and oxygen atoms in total. The molecule has 0 fully saturated rings. The van der Waals surface area contributed by atoms with E-state index in [4.69, 9.17) is 9.47 Å². The lowest BCUT2D eigenvalue weighted by Gasteiger charge is -2.18. The molecule has 26 heavy (non-hydrogen) atoms. The zero-order chi connectivity index (χ0) is 18.0. The van der Waals surface area contributed by atoms with Crippen LogP contribution >= 0.6 is 0 Å². The van der Waals surface area contributed by atoms with E-state index >= 15 is 0 Å². The van der Waals surface area contributed by atoms with Gasteiger partial charge in [0.1, 0.15) is 13.2 Å². The maximum Gasteiger partial charge on any atom is 0.241 e. The molecule has 134 valence electrons. The van der Waals surface area contributed by atoms with E-state index in [2.05, 4.69) is 20.0 Å². The molecular formula is C16H15N5O4S. The molecular weight excluding hydrogens is 358 g/mol. The van der Waals surface area contributed by atoms with Gasteiger partial charge in [0.15, 0.2) is 11.5 Å². The molecule has 0 radical (unpaired) electrons. The molecule has 10 heteroatoms. The Morgan fingerprint density at radius 2 is 2.00 bits per heavy atom. The van der Waals surface area contributed by atoms with E-state index < -0.39 is 10.0 Å². The third kappa shape index (κ3) is 3.37.